The number of carbonyl (C=O) groups is 4. The second kappa shape index (κ2) is 11.5. The molecule has 7 rings (SSSR count). The Morgan fingerprint density at radius 1 is 0.532 bits per heavy atom. The monoisotopic (exact) mass is 628 g/mol. The molecule has 1 aliphatic carbocycles. The molecule has 0 radical (unpaired) electrons. The highest BCUT2D eigenvalue weighted by Crippen LogP contribution is 2.48. The Hall–Kier alpha value is -5.24. The smallest absolute Gasteiger partial charge is 0.237 e. The van der Waals surface area contributed by atoms with Crippen LogP contribution < -0.4 is 14.4 Å². The zero-order chi connectivity index (χ0) is 33.0. The molecule has 0 N–H and O–H groups in total. The third-order valence-corrected chi connectivity index (χ3v) is 10.1. The van der Waals surface area contributed by atoms with Gasteiger partial charge >= 0.3 is 0 Å². The molecule has 4 aromatic carbocycles. The summed E-state index contributed by atoms with van der Waals surface area (Å²) in [7, 11) is 1.47. The van der Waals surface area contributed by atoms with Crippen LogP contribution in [0.5, 0.6) is 23.0 Å². The van der Waals surface area contributed by atoms with Crippen LogP contribution in [0.3, 0.4) is 0 Å². The van der Waals surface area contributed by atoms with E-state index < -0.39 is 23.7 Å². The minimum absolute atomic E-state index is 0.229. The van der Waals surface area contributed by atoms with E-state index in [2.05, 4.69) is 26.0 Å². The first kappa shape index (κ1) is 30.4. The van der Waals surface area contributed by atoms with E-state index in [1.54, 1.807) is 24.3 Å². The van der Waals surface area contributed by atoms with E-state index in [4.69, 9.17) is 9.47 Å². The highest BCUT2D eigenvalue weighted by molar-refractivity contribution is 6.22. The van der Waals surface area contributed by atoms with Crippen LogP contribution in [0.25, 0.3) is 0 Å². The van der Waals surface area contributed by atoms with Crippen LogP contribution in [0.2, 0.25) is 0 Å². The first-order valence-electron chi connectivity index (χ1n) is 15.9. The SMILES string of the molecule is Cc1ccc(Oc2ccc(C(C)(C)c3ccc(Oc4ccc(N5C(=O)C6CC7C(=O)N(C)C(=O)C7CC6C5=O)cc4)cc3)cc2)cc1. The Labute approximate surface area is 273 Å². The van der Waals surface area contributed by atoms with E-state index in [0.717, 1.165) is 27.5 Å². The predicted molar refractivity (Wildman–Crippen MR) is 176 cm³/mol. The number of hydrogen-bond donors (Lipinski definition) is 0. The van der Waals surface area contributed by atoms with Gasteiger partial charge in [0.15, 0.2) is 0 Å². The number of imide groups is 2. The summed E-state index contributed by atoms with van der Waals surface area (Å²) in [5, 5.41) is 0. The molecule has 8 nitrogen and oxygen atoms in total. The van der Waals surface area contributed by atoms with Crippen molar-refractivity contribution >= 4 is 29.3 Å². The minimum atomic E-state index is -0.587. The Kier molecular flexibility index (Phi) is 7.46. The van der Waals surface area contributed by atoms with Gasteiger partial charge in [-0.2, -0.15) is 0 Å². The molecule has 2 heterocycles. The van der Waals surface area contributed by atoms with Gasteiger partial charge in [0.1, 0.15) is 23.0 Å². The maximum absolute atomic E-state index is 13.4. The largest absolute Gasteiger partial charge is 0.457 e. The summed E-state index contributed by atoms with van der Waals surface area (Å²) in [6.07, 6.45) is 0.458. The van der Waals surface area contributed by atoms with Gasteiger partial charge < -0.3 is 9.47 Å². The van der Waals surface area contributed by atoms with Gasteiger partial charge in [0.2, 0.25) is 23.6 Å². The summed E-state index contributed by atoms with van der Waals surface area (Å²) in [6.45, 7) is 6.40. The van der Waals surface area contributed by atoms with Gasteiger partial charge in [0.25, 0.3) is 0 Å². The van der Waals surface area contributed by atoms with Gasteiger partial charge in [-0.05, 0) is 91.6 Å². The third-order valence-electron chi connectivity index (χ3n) is 10.1. The number of fused-ring (bicyclic) bond motifs is 2. The summed E-state index contributed by atoms with van der Waals surface area (Å²) in [6, 6.07) is 30.9. The normalized spacial score (nSPS) is 22.4. The second-order valence-electron chi connectivity index (χ2n) is 13.3. The van der Waals surface area contributed by atoms with Crippen molar-refractivity contribution in [3.63, 3.8) is 0 Å². The maximum Gasteiger partial charge on any atom is 0.237 e. The molecule has 4 unspecified atom stereocenters. The van der Waals surface area contributed by atoms with Crippen molar-refractivity contribution in [1.82, 2.24) is 4.90 Å². The fourth-order valence-corrected chi connectivity index (χ4v) is 7.18. The highest BCUT2D eigenvalue weighted by Gasteiger charge is 2.59. The van der Waals surface area contributed by atoms with Crippen molar-refractivity contribution in [3.8, 4) is 23.0 Å². The number of amides is 4. The molecule has 1 saturated carbocycles. The van der Waals surface area contributed by atoms with E-state index >= 15 is 0 Å². The topological polar surface area (TPSA) is 93.2 Å². The number of rotatable bonds is 7. The van der Waals surface area contributed by atoms with Crippen LogP contribution in [-0.2, 0) is 24.6 Å². The molecular weight excluding hydrogens is 592 g/mol. The molecule has 238 valence electrons. The fourth-order valence-electron chi connectivity index (χ4n) is 7.18. The first-order valence-corrected chi connectivity index (χ1v) is 15.9. The molecule has 0 aromatic heterocycles. The first-order chi connectivity index (χ1) is 22.5. The Morgan fingerprint density at radius 3 is 1.28 bits per heavy atom. The fraction of sp³-hybridized carbons (Fsp3) is 0.282. The van der Waals surface area contributed by atoms with Crippen LogP contribution in [-0.4, -0.2) is 35.6 Å². The number of likely N-dealkylation sites (tertiary alicyclic amines) is 1. The molecule has 0 spiro atoms. The number of benzene rings is 4. The zero-order valence-electron chi connectivity index (χ0n) is 26.8. The predicted octanol–water partition coefficient (Wildman–Crippen LogP) is 7.04. The molecule has 3 fully saturated rings. The van der Waals surface area contributed by atoms with Crippen molar-refractivity contribution in [3.05, 3.63) is 114 Å². The average molecular weight is 629 g/mol. The van der Waals surface area contributed by atoms with Gasteiger partial charge in [-0.3, -0.25) is 29.0 Å². The molecule has 4 amide bonds. The molecule has 8 heteroatoms. The Balaban J connectivity index is 0.997. The second-order valence-corrected chi connectivity index (χ2v) is 13.3. The molecule has 4 aromatic rings. The van der Waals surface area contributed by atoms with Gasteiger partial charge in [-0.15, -0.1) is 0 Å². The lowest BCUT2D eigenvalue weighted by Gasteiger charge is -2.28. The van der Waals surface area contributed by atoms with E-state index in [1.165, 1.54) is 17.5 Å². The molecule has 3 aliphatic rings. The van der Waals surface area contributed by atoms with Gasteiger partial charge in [-0.1, -0.05) is 55.8 Å². The number of carbonyl (C=O) groups excluding carboxylic acids is 4. The lowest BCUT2D eigenvalue weighted by molar-refractivity contribution is -0.138. The van der Waals surface area contributed by atoms with Crippen molar-refractivity contribution in [2.75, 3.05) is 11.9 Å². The quantitative estimate of drug-likeness (QED) is 0.204. The van der Waals surface area contributed by atoms with Crippen molar-refractivity contribution in [2.45, 2.75) is 39.0 Å². The van der Waals surface area contributed by atoms with E-state index in [9.17, 15) is 19.2 Å². The highest BCUT2D eigenvalue weighted by atomic mass is 16.5. The Morgan fingerprint density at radius 2 is 0.872 bits per heavy atom. The van der Waals surface area contributed by atoms with Crippen molar-refractivity contribution in [2.24, 2.45) is 23.7 Å². The lowest BCUT2D eigenvalue weighted by Crippen LogP contribution is -2.35. The molecule has 4 atom stereocenters. The van der Waals surface area contributed by atoms with Crippen molar-refractivity contribution in [1.29, 1.82) is 0 Å². The van der Waals surface area contributed by atoms with Crippen LogP contribution >= 0.6 is 0 Å². The summed E-state index contributed by atoms with van der Waals surface area (Å²) < 4.78 is 12.1. The third kappa shape index (κ3) is 5.37. The van der Waals surface area contributed by atoms with E-state index in [1.807, 2.05) is 67.6 Å². The van der Waals surface area contributed by atoms with E-state index in [-0.39, 0.29) is 41.9 Å². The number of aryl methyl sites for hydroxylation is 1. The van der Waals surface area contributed by atoms with Crippen LogP contribution in [0.1, 0.15) is 43.4 Å². The minimum Gasteiger partial charge on any atom is -0.457 e. The zero-order valence-corrected chi connectivity index (χ0v) is 26.8. The number of ether oxygens (including phenoxy) is 2. The van der Waals surface area contributed by atoms with Gasteiger partial charge in [-0.25, -0.2) is 0 Å². The molecule has 2 saturated heterocycles. The Bertz CT molecular complexity index is 1820. The summed E-state index contributed by atoms with van der Waals surface area (Å²) in [5.41, 5.74) is 3.65. The molecule has 47 heavy (non-hydrogen) atoms. The van der Waals surface area contributed by atoms with Crippen LogP contribution in [0, 0.1) is 30.6 Å². The molecule has 0 bridgehead atoms. The van der Waals surface area contributed by atoms with Gasteiger partial charge in [0, 0.05) is 12.5 Å². The maximum atomic E-state index is 13.4. The van der Waals surface area contributed by atoms with Crippen LogP contribution in [0.15, 0.2) is 97.1 Å². The van der Waals surface area contributed by atoms with Crippen molar-refractivity contribution < 1.29 is 28.7 Å². The summed E-state index contributed by atoms with van der Waals surface area (Å²) >= 11 is 0. The number of hydrogen-bond acceptors (Lipinski definition) is 6. The summed E-state index contributed by atoms with van der Waals surface area (Å²) in [5.74, 6) is -0.555. The summed E-state index contributed by atoms with van der Waals surface area (Å²) in [4.78, 5) is 54.2. The standard InChI is InChI=1S/C39H36N2O6/c1-23-5-13-27(14-6-23)46-28-15-7-24(8-16-28)39(2,3)25-9-17-29(18-10-25)47-30-19-11-26(12-20-30)41-37(44)33-21-31-32(22-34(33)38(41)45)36(43)40(4)35(31)42/h5-20,31-34H,21-22H2,1-4H3. The lowest BCUT2D eigenvalue weighted by atomic mass is 9.70. The molecular formula is C39H36N2O6. The van der Waals surface area contributed by atoms with E-state index in [0.29, 0.717) is 17.2 Å². The van der Waals surface area contributed by atoms with Gasteiger partial charge in [0.05, 0.1) is 29.4 Å². The average Bonchev–Trinajstić information content (AvgIpc) is 3.45. The van der Waals surface area contributed by atoms with Crippen LogP contribution in [0.4, 0.5) is 5.69 Å². The number of anilines is 1. The number of nitrogens with zero attached hydrogens (tertiary/aromatic N) is 2. The molecule has 2 aliphatic heterocycles.